The maximum Gasteiger partial charge on any atom is 0.337 e. The average Bonchev–Trinajstić information content (AvgIpc) is 2.86. The van der Waals surface area contributed by atoms with Gasteiger partial charge in [-0.1, -0.05) is 48.2 Å². The number of nitrogens with one attached hydrogen (secondary N) is 2. The summed E-state index contributed by atoms with van der Waals surface area (Å²) < 4.78 is 5.27. The van der Waals surface area contributed by atoms with Crippen molar-refractivity contribution in [2.75, 3.05) is 17.7 Å². The van der Waals surface area contributed by atoms with Gasteiger partial charge in [-0.3, -0.25) is 14.9 Å². The molecule has 11 heteroatoms. The van der Waals surface area contributed by atoms with Crippen molar-refractivity contribution < 1.29 is 19.2 Å². The fourth-order valence-corrected chi connectivity index (χ4v) is 4.52. The van der Waals surface area contributed by atoms with E-state index in [0.29, 0.717) is 27.0 Å². The number of non-ortho nitro benzene ring substituents is 1. The summed E-state index contributed by atoms with van der Waals surface area (Å²) in [7, 11) is 0. The number of hydrogen-bond acceptors (Lipinski definition) is 8. The van der Waals surface area contributed by atoms with Gasteiger partial charge in [0.2, 0.25) is 5.91 Å². The van der Waals surface area contributed by atoms with Gasteiger partial charge in [-0.2, -0.15) is 5.26 Å². The lowest BCUT2D eigenvalue weighted by molar-refractivity contribution is -0.384. The molecule has 2 aromatic carbocycles. The molecule has 36 heavy (non-hydrogen) atoms. The first kappa shape index (κ1) is 26.5. The predicted molar refractivity (Wildman–Crippen MR) is 138 cm³/mol. The van der Waals surface area contributed by atoms with Crippen LogP contribution in [0, 0.1) is 21.4 Å². The number of dihydropyridines is 1. The lowest BCUT2D eigenvalue weighted by Crippen LogP contribution is -2.29. The number of allylic oxidation sites excluding steroid dienone is 2. The largest absolute Gasteiger partial charge is 0.458 e. The number of nitro benzene ring substituents is 1. The minimum absolute atomic E-state index is 0.0129. The monoisotopic (exact) mass is 524 g/mol. The number of nitro groups is 1. The molecule has 184 valence electrons. The zero-order valence-corrected chi connectivity index (χ0v) is 20.7. The Morgan fingerprint density at radius 1 is 1.28 bits per heavy atom. The average molecular weight is 525 g/mol. The van der Waals surface area contributed by atoms with Crippen molar-refractivity contribution in [2.24, 2.45) is 0 Å². The van der Waals surface area contributed by atoms with Crippen LogP contribution < -0.4 is 10.6 Å². The van der Waals surface area contributed by atoms with E-state index in [2.05, 4.69) is 23.3 Å². The van der Waals surface area contributed by atoms with Crippen molar-refractivity contribution in [1.29, 1.82) is 5.26 Å². The Labute approximate surface area is 216 Å². The van der Waals surface area contributed by atoms with Crippen LogP contribution in [-0.2, 0) is 14.3 Å². The van der Waals surface area contributed by atoms with Crippen LogP contribution in [0.15, 0.2) is 83.1 Å². The third kappa shape index (κ3) is 6.33. The van der Waals surface area contributed by atoms with Gasteiger partial charge < -0.3 is 15.4 Å². The van der Waals surface area contributed by atoms with E-state index in [9.17, 15) is 25.0 Å². The number of thioether (sulfide) groups is 1. The number of anilines is 1. The second kappa shape index (κ2) is 12.1. The van der Waals surface area contributed by atoms with E-state index in [1.165, 1.54) is 30.3 Å². The maximum atomic E-state index is 12.9. The smallest absolute Gasteiger partial charge is 0.337 e. The van der Waals surface area contributed by atoms with E-state index in [1.54, 1.807) is 31.2 Å². The number of halogens is 1. The molecular weight excluding hydrogens is 504 g/mol. The molecule has 2 aromatic rings. The highest BCUT2D eigenvalue weighted by Gasteiger charge is 2.35. The highest BCUT2D eigenvalue weighted by Crippen LogP contribution is 2.41. The van der Waals surface area contributed by atoms with Crippen LogP contribution in [0.2, 0.25) is 5.02 Å². The van der Waals surface area contributed by atoms with E-state index in [0.717, 1.165) is 11.8 Å². The van der Waals surface area contributed by atoms with Crippen molar-refractivity contribution in [2.45, 2.75) is 12.8 Å². The Kier molecular flexibility index (Phi) is 8.89. The summed E-state index contributed by atoms with van der Waals surface area (Å²) in [5, 5.41) is 27.5. The van der Waals surface area contributed by atoms with Crippen LogP contribution in [0.4, 0.5) is 11.4 Å². The van der Waals surface area contributed by atoms with Crippen molar-refractivity contribution in [3.05, 3.63) is 104 Å². The van der Waals surface area contributed by atoms with Gasteiger partial charge in [0, 0.05) is 28.5 Å². The van der Waals surface area contributed by atoms with Crippen molar-refractivity contribution in [3.8, 4) is 6.07 Å². The summed E-state index contributed by atoms with van der Waals surface area (Å²) in [6, 6.07) is 14.4. The first-order valence-electron chi connectivity index (χ1n) is 10.6. The highest BCUT2D eigenvalue weighted by atomic mass is 35.5. The predicted octanol–water partition coefficient (Wildman–Crippen LogP) is 5.05. The van der Waals surface area contributed by atoms with E-state index < -0.39 is 16.8 Å². The first-order chi connectivity index (χ1) is 17.2. The van der Waals surface area contributed by atoms with E-state index in [4.69, 9.17) is 16.3 Å². The zero-order chi connectivity index (χ0) is 26.2. The summed E-state index contributed by atoms with van der Waals surface area (Å²) >= 11 is 7.13. The molecule has 9 nitrogen and oxygen atoms in total. The molecule has 1 aliphatic heterocycles. The van der Waals surface area contributed by atoms with Crippen LogP contribution in [0.5, 0.6) is 0 Å². The molecule has 1 unspecified atom stereocenters. The summed E-state index contributed by atoms with van der Waals surface area (Å²) in [5.74, 6) is -1.75. The molecule has 2 N–H and O–H groups in total. The highest BCUT2D eigenvalue weighted by molar-refractivity contribution is 8.03. The summed E-state index contributed by atoms with van der Waals surface area (Å²) in [5.41, 5.74) is 1.99. The molecule has 3 rings (SSSR count). The number of carbonyl (C=O) groups excluding carboxylic acids is 2. The number of carbonyl (C=O) groups is 2. The van der Waals surface area contributed by atoms with Crippen molar-refractivity contribution >= 4 is 46.6 Å². The molecule has 0 radical (unpaired) electrons. The van der Waals surface area contributed by atoms with Gasteiger partial charge in [0.05, 0.1) is 38.8 Å². The van der Waals surface area contributed by atoms with E-state index in [1.807, 2.05) is 0 Å². The van der Waals surface area contributed by atoms with Gasteiger partial charge in [0.15, 0.2) is 0 Å². The Morgan fingerprint density at radius 3 is 2.53 bits per heavy atom. The van der Waals surface area contributed by atoms with Crippen LogP contribution >= 0.6 is 23.4 Å². The van der Waals surface area contributed by atoms with Crippen LogP contribution in [0.25, 0.3) is 0 Å². The molecule has 1 atom stereocenters. The third-order valence-electron chi connectivity index (χ3n) is 5.11. The fraction of sp³-hybridized carbons (Fsp3) is 0.160. The number of rotatable bonds is 9. The van der Waals surface area contributed by atoms with Crippen molar-refractivity contribution in [1.82, 2.24) is 5.32 Å². The molecular formula is C25H21ClN4O5S. The SMILES string of the molecule is C=CCOC(=O)C1=C(C)NC(SCC(=O)Nc2ccc([N+](=O)[O-])cc2)=C(C#N)C1c1ccc(Cl)cc1. The number of esters is 1. The van der Waals surface area contributed by atoms with Gasteiger partial charge in [-0.25, -0.2) is 4.79 Å². The van der Waals surface area contributed by atoms with E-state index in [-0.39, 0.29) is 35.1 Å². The molecule has 1 aliphatic rings. The molecule has 0 aliphatic carbocycles. The number of nitriles is 1. The summed E-state index contributed by atoms with van der Waals surface area (Å²) in [6.45, 7) is 5.26. The molecule has 1 heterocycles. The standard InChI is InChI=1S/C25H21ClN4O5S/c1-3-12-35-25(32)22-15(2)28-24(20(13-27)23(22)16-4-6-17(26)7-5-16)36-14-21(31)29-18-8-10-19(11-9-18)30(33)34/h3-11,23,28H,1,12,14H2,2H3,(H,29,31). The Hall–Kier alpha value is -4.07. The van der Waals surface area contributed by atoms with Crippen LogP contribution in [-0.4, -0.2) is 29.2 Å². The maximum absolute atomic E-state index is 12.9. The summed E-state index contributed by atoms with van der Waals surface area (Å²) in [6.07, 6.45) is 1.45. The van der Waals surface area contributed by atoms with Gasteiger partial charge in [-0.05, 0) is 36.8 Å². The topological polar surface area (TPSA) is 134 Å². The molecule has 0 spiro atoms. The minimum Gasteiger partial charge on any atom is -0.458 e. The second-order valence-corrected chi connectivity index (χ2v) is 8.95. The quantitative estimate of drug-likeness (QED) is 0.201. The first-order valence-corrected chi connectivity index (χ1v) is 11.9. The number of amides is 1. The lowest BCUT2D eigenvalue weighted by Gasteiger charge is -2.29. The lowest BCUT2D eigenvalue weighted by atomic mass is 9.82. The molecule has 0 bridgehead atoms. The number of ether oxygens (including phenoxy) is 1. The second-order valence-electron chi connectivity index (χ2n) is 7.53. The van der Waals surface area contributed by atoms with Crippen molar-refractivity contribution in [3.63, 3.8) is 0 Å². The number of nitrogens with zero attached hydrogens (tertiary/aromatic N) is 2. The van der Waals surface area contributed by atoms with Gasteiger partial charge in [0.1, 0.15) is 6.61 Å². The summed E-state index contributed by atoms with van der Waals surface area (Å²) in [4.78, 5) is 35.7. The minimum atomic E-state index is -0.730. The zero-order valence-electron chi connectivity index (χ0n) is 19.1. The Morgan fingerprint density at radius 2 is 1.94 bits per heavy atom. The van der Waals surface area contributed by atoms with Crippen LogP contribution in [0.3, 0.4) is 0 Å². The number of hydrogen-bond donors (Lipinski definition) is 2. The molecule has 1 amide bonds. The molecule has 0 fully saturated rings. The van der Waals surface area contributed by atoms with Gasteiger partial charge in [0.25, 0.3) is 5.69 Å². The third-order valence-corrected chi connectivity index (χ3v) is 6.38. The van der Waals surface area contributed by atoms with Gasteiger partial charge in [-0.15, -0.1) is 0 Å². The normalized spacial score (nSPS) is 15.0. The molecule has 0 aromatic heterocycles. The van der Waals surface area contributed by atoms with E-state index >= 15 is 0 Å². The fourth-order valence-electron chi connectivity index (χ4n) is 3.50. The van der Waals surface area contributed by atoms with Crippen LogP contribution in [0.1, 0.15) is 18.4 Å². The van der Waals surface area contributed by atoms with Gasteiger partial charge >= 0.3 is 5.97 Å². The molecule has 0 saturated heterocycles. The molecule has 0 saturated carbocycles. The Balaban J connectivity index is 1.85. The Bertz CT molecular complexity index is 1300. The number of benzene rings is 2.